The van der Waals surface area contributed by atoms with Crippen molar-refractivity contribution in [3.63, 3.8) is 0 Å². The molecular formula is C16H18N4O2. The summed E-state index contributed by atoms with van der Waals surface area (Å²) < 4.78 is 6.80. The van der Waals surface area contributed by atoms with E-state index >= 15 is 0 Å². The van der Waals surface area contributed by atoms with Crippen molar-refractivity contribution in [3.8, 4) is 0 Å². The summed E-state index contributed by atoms with van der Waals surface area (Å²) in [5, 5.41) is 3.89. The van der Waals surface area contributed by atoms with Crippen LogP contribution in [0.25, 0.3) is 5.65 Å². The molecule has 0 fully saturated rings. The van der Waals surface area contributed by atoms with E-state index in [9.17, 15) is 4.79 Å². The fourth-order valence-electron chi connectivity index (χ4n) is 2.46. The number of aryl methyl sites for hydroxylation is 1. The molecule has 3 rings (SSSR count). The summed E-state index contributed by atoms with van der Waals surface area (Å²) in [7, 11) is 1.77. The number of carbonyl (C=O) groups excluding carboxylic acids is 1. The second-order valence-corrected chi connectivity index (χ2v) is 5.42. The van der Waals surface area contributed by atoms with Crippen molar-refractivity contribution in [2.75, 3.05) is 7.05 Å². The Bertz CT molecular complexity index is 792. The normalized spacial score (nSPS) is 12.5. The summed E-state index contributed by atoms with van der Waals surface area (Å²) in [5.41, 5.74) is 3.59. The molecule has 3 aromatic heterocycles. The van der Waals surface area contributed by atoms with E-state index in [1.165, 1.54) is 6.26 Å². The van der Waals surface area contributed by atoms with Gasteiger partial charge >= 0.3 is 0 Å². The number of amides is 1. The molecule has 0 bridgehead atoms. The summed E-state index contributed by atoms with van der Waals surface area (Å²) >= 11 is 0. The average molecular weight is 298 g/mol. The lowest BCUT2D eigenvalue weighted by atomic mass is 10.2. The number of pyridine rings is 1. The predicted octanol–water partition coefficient (Wildman–Crippen LogP) is 2.39. The Hall–Kier alpha value is -2.63. The maximum absolute atomic E-state index is 12.5. The maximum Gasteiger partial charge on any atom is 0.228 e. The summed E-state index contributed by atoms with van der Waals surface area (Å²) in [4.78, 5) is 18.6. The van der Waals surface area contributed by atoms with Gasteiger partial charge in [0.05, 0.1) is 18.2 Å². The van der Waals surface area contributed by atoms with E-state index in [0.29, 0.717) is 6.42 Å². The molecule has 0 saturated heterocycles. The van der Waals surface area contributed by atoms with Gasteiger partial charge in [-0.05, 0) is 25.5 Å². The van der Waals surface area contributed by atoms with Crippen LogP contribution >= 0.6 is 0 Å². The highest BCUT2D eigenvalue weighted by molar-refractivity contribution is 5.78. The fraction of sp³-hybridized carbons (Fsp3) is 0.312. The third-order valence-electron chi connectivity index (χ3n) is 4.00. The van der Waals surface area contributed by atoms with Crippen LogP contribution in [-0.2, 0) is 11.2 Å². The highest BCUT2D eigenvalue weighted by Gasteiger charge is 2.20. The van der Waals surface area contributed by atoms with Gasteiger partial charge in [0.1, 0.15) is 17.6 Å². The largest absolute Gasteiger partial charge is 0.364 e. The van der Waals surface area contributed by atoms with Crippen molar-refractivity contribution in [1.82, 2.24) is 19.4 Å². The molecule has 0 aliphatic heterocycles. The van der Waals surface area contributed by atoms with Crippen LogP contribution in [0, 0.1) is 6.92 Å². The van der Waals surface area contributed by atoms with Crippen LogP contribution in [0.15, 0.2) is 41.4 Å². The van der Waals surface area contributed by atoms with Gasteiger partial charge in [-0.2, -0.15) is 0 Å². The molecule has 0 radical (unpaired) electrons. The Morgan fingerprint density at radius 2 is 2.27 bits per heavy atom. The predicted molar refractivity (Wildman–Crippen MR) is 81.3 cm³/mol. The van der Waals surface area contributed by atoms with Gasteiger partial charge in [0.15, 0.2) is 0 Å². The molecule has 1 amide bonds. The smallest absolute Gasteiger partial charge is 0.228 e. The van der Waals surface area contributed by atoms with E-state index in [1.54, 1.807) is 24.2 Å². The lowest BCUT2D eigenvalue weighted by molar-refractivity contribution is -0.131. The van der Waals surface area contributed by atoms with Crippen LogP contribution in [0.2, 0.25) is 0 Å². The molecule has 0 aromatic carbocycles. The van der Waals surface area contributed by atoms with Crippen LogP contribution in [0.5, 0.6) is 0 Å². The van der Waals surface area contributed by atoms with Crippen molar-refractivity contribution in [1.29, 1.82) is 0 Å². The topological polar surface area (TPSA) is 63.6 Å². The molecule has 0 N–H and O–H groups in total. The maximum atomic E-state index is 12.5. The van der Waals surface area contributed by atoms with Crippen molar-refractivity contribution in [2.45, 2.75) is 26.3 Å². The average Bonchev–Trinajstić information content (AvgIpc) is 3.16. The number of nitrogens with zero attached hydrogens (tertiary/aromatic N) is 4. The Morgan fingerprint density at radius 1 is 1.45 bits per heavy atom. The lowest BCUT2D eigenvalue weighted by Crippen LogP contribution is -2.31. The van der Waals surface area contributed by atoms with E-state index in [4.69, 9.17) is 4.52 Å². The number of carbonyl (C=O) groups is 1. The van der Waals surface area contributed by atoms with Gasteiger partial charge < -0.3 is 13.8 Å². The van der Waals surface area contributed by atoms with Crippen molar-refractivity contribution < 1.29 is 9.32 Å². The minimum atomic E-state index is -0.132. The molecule has 6 heteroatoms. The first-order valence-electron chi connectivity index (χ1n) is 7.15. The van der Waals surface area contributed by atoms with Gasteiger partial charge in [-0.25, -0.2) is 4.98 Å². The standard InChI is InChI=1S/C16H18N4O2/c1-11-5-4-7-20-13(10-17-16(11)20)9-15(21)19(3)12(2)14-6-8-22-18-14/h4-8,10,12H,9H2,1-3H3/t12-/m0/s1. The molecule has 3 heterocycles. The van der Waals surface area contributed by atoms with Crippen LogP contribution in [0.3, 0.4) is 0 Å². The summed E-state index contributed by atoms with van der Waals surface area (Å²) in [6.07, 6.45) is 5.49. The molecule has 0 saturated carbocycles. The third-order valence-corrected chi connectivity index (χ3v) is 4.00. The molecule has 6 nitrogen and oxygen atoms in total. The number of fused-ring (bicyclic) bond motifs is 1. The van der Waals surface area contributed by atoms with Gasteiger partial charge in [-0.15, -0.1) is 0 Å². The minimum Gasteiger partial charge on any atom is -0.364 e. The highest BCUT2D eigenvalue weighted by Crippen LogP contribution is 2.18. The van der Waals surface area contributed by atoms with Gasteiger partial charge in [0.25, 0.3) is 0 Å². The van der Waals surface area contributed by atoms with Crippen LogP contribution in [0.4, 0.5) is 0 Å². The molecule has 0 unspecified atom stereocenters. The molecule has 0 spiro atoms. The Balaban J connectivity index is 1.80. The van der Waals surface area contributed by atoms with E-state index in [1.807, 2.05) is 36.6 Å². The van der Waals surface area contributed by atoms with Gasteiger partial charge in [-0.1, -0.05) is 11.2 Å². The number of rotatable bonds is 4. The molecule has 1 atom stereocenters. The second kappa shape index (κ2) is 5.63. The summed E-state index contributed by atoms with van der Waals surface area (Å²) in [5.74, 6) is 0.0128. The van der Waals surface area contributed by atoms with E-state index in [-0.39, 0.29) is 11.9 Å². The molecule has 0 aliphatic rings. The Kier molecular flexibility index (Phi) is 3.66. The van der Waals surface area contributed by atoms with E-state index in [0.717, 1.165) is 22.6 Å². The first kappa shape index (κ1) is 14.3. The zero-order valence-electron chi connectivity index (χ0n) is 12.9. The zero-order chi connectivity index (χ0) is 15.7. The van der Waals surface area contributed by atoms with Crippen LogP contribution in [0.1, 0.15) is 29.9 Å². The summed E-state index contributed by atoms with van der Waals surface area (Å²) in [6, 6.07) is 5.60. The van der Waals surface area contributed by atoms with Crippen molar-refractivity contribution in [3.05, 3.63) is 53.8 Å². The van der Waals surface area contributed by atoms with Gasteiger partial charge in [0, 0.05) is 25.5 Å². The second-order valence-electron chi connectivity index (χ2n) is 5.42. The molecule has 3 aromatic rings. The van der Waals surface area contributed by atoms with Gasteiger partial charge in [-0.3, -0.25) is 4.79 Å². The Morgan fingerprint density at radius 3 is 3.00 bits per heavy atom. The monoisotopic (exact) mass is 298 g/mol. The van der Waals surface area contributed by atoms with Crippen molar-refractivity contribution >= 4 is 11.6 Å². The first-order valence-corrected chi connectivity index (χ1v) is 7.15. The third kappa shape index (κ3) is 2.47. The minimum absolute atomic E-state index is 0.0128. The van der Waals surface area contributed by atoms with E-state index < -0.39 is 0 Å². The first-order chi connectivity index (χ1) is 10.6. The molecule has 0 aliphatic carbocycles. The lowest BCUT2D eigenvalue weighted by Gasteiger charge is -2.23. The SMILES string of the molecule is Cc1cccn2c(CC(=O)N(C)[C@@H](C)c3ccon3)cnc12. The fourth-order valence-corrected chi connectivity index (χ4v) is 2.46. The number of aromatic nitrogens is 3. The number of hydrogen-bond acceptors (Lipinski definition) is 4. The van der Waals surface area contributed by atoms with Crippen molar-refractivity contribution in [2.24, 2.45) is 0 Å². The Labute approximate surface area is 128 Å². The highest BCUT2D eigenvalue weighted by atomic mass is 16.5. The summed E-state index contributed by atoms with van der Waals surface area (Å²) in [6.45, 7) is 3.93. The molecular weight excluding hydrogens is 280 g/mol. The van der Waals surface area contributed by atoms with Crippen LogP contribution in [-0.4, -0.2) is 32.4 Å². The zero-order valence-corrected chi connectivity index (χ0v) is 12.9. The quantitative estimate of drug-likeness (QED) is 0.742. The number of likely N-dealkylation sites (N-methyl/N-ethyl adjacent to an activating group) is 1. The molecule has 114 valence electrons. The van der Waals surface area contributed by atoms with Crippen LogP contribution < -0.4 is 0 Å². The van der Waals surface area contributed by atoms with E-state index in [2.05, 4.69) is 10.1 Å². The van der Waals surface area contributed by atoms with Gasteiger partial charge in [0.2, 0.25) is 5.91 Å². The number of imidazole rings is 1. The molecule has 22 heavy (non-hydrogen) atoms. The number of hydrogen-bond donors (Lipinski definition) is 0.